The molecule has 1 aromatic carbocycles. The second-order valence-corrected chi connectivity index (χ2v) is 6.54. The van der Waals surface area contributed by atoms with E-state index < -0.39 is 0 Å². The second-order valence-electron chi connectivity index (χ2n) is 4.89. The van der Waals surface area contributed by atoms with Crippen LogP contribution in [0.15, 0.2) is 34.4 Å². The number of allylic oxidation sites excluding steroid dienone is 1. The zero-order valence-corrected chi connectivity index (χ0v) is 14.5. The molecule has 0 fully saturated rings. The first-order valence-electron chi connectivity index (χ1n) is 7.15. The van der Waals surface area contributed by atoms with Crippen molar-refractivity contribution in [2.75, 3.05) is 13.7 Å². The molecule has 0 atom stereocenters. The van der Waals surface area contributed by atoms with Gasteiger partial charge in [0.15, 0.2) is 5.78 Å². The quantitative estimate of drug-likeness (QED) is 0.563. The van der Waals surface area contributed by atoms with Gasteiger partial charge in [-0.05, 0) is 31.5 Å². The maximum absolute atomic E-state index is 12.6. The lowest BCUT2D eigenvalue weighted by atomic mass is 10.1. The number of ketones is 1. The van der Waals surface area contributed by atoms with E-state index in [0.717, 1.165) is 29.5 Å². The Morgan fingerprint density at radius 2 is 2.27 bits per heavy atom. The van der Waals surface area contributed by atoms with Crippen molar-refractivity contribution in [3.8, 4) is 5.75 Å². The van der Waals surface area contributed by atoms with E-state index in [1.807, 2.05) is 11.9 Å². The molecule has 0 N–H and O–H groups in total. The number of halogens is 1. The van der Waals surface area contributed by atoms with Crippen molar-refractivity contribution in [1.29, 1.82) is 0 Å². The van der Waals surface area contributed by atoms with E-state index in [-0.39, 0.29) is 5.78 Å². The molecule has 1 aliphatic heterocycles. The molecule has 0 aromatic heterocycles. The number of carbonyl (C=O) groups excluding carboxylic acids is 1. The summed E-state index contributed by atoms with van der Waals surface area (Å²) in [6, 6.07) is 5.03. The Labute approximate surface area is 140 Å². The van der Waals surface area contributed by atoms with Crippen LogP contribution in [0.4, 0.5) is 0 Å². The van der Waals surface area contributed by atoms with Crippen molar-refractivity contribution in [2.45, 2.75) is 26.7 Å². The van der Waals surface area contributed by atoms with Crippen molar-refractivity contribution in [1.82, 2.24) is 5.01 Å². The molecule has 0 spiro atoms. The molecule has 1 heterocycles. The molecule has 1 aliphatic rings. The Balaban J connectivity index is 2.24. The molecule has 118 valence electrons. The van der Waals surface area contributed by atoms with Crippen LogP contribution in [0.2, 0.25) is 5.02 Å². The fourth-order valence-electron chi connectivity index (χ4n) is 2.08. The van der Waals surface area contributed by atoms with Crippen LogP contribution in [0.1, 0.15) is 37.0 Å². The molecule has 2 rings (SSSR count). The Morgan fingerprint density at radius 1 is 1.50 bits per heavy atom. The molecule has 1 aromatic rings. The normalized spacial score (nSPS) is 16.1. The largest absolute Gasteiger partial charge is 0.496 e. The first kappa shape index (κ1) is 16.9. The monoisotopic (exact) mass is 338 g/mol. The lowest BCUT2D eigenvalue weighted by molar-refractivity contribution is 0.104. The third-order valence-electron chi connectivity index (χ3n) is 3.17. The summed E-state index contributed by atoms with van der Waals surface area (Å²) in [6.07, 6.45) is 3.72. The molecule has 4 nitrogen and oxygen atoms in total. The van der Waals surface area contributed by atoms with Gasteiger partial charge in [0.2, 0.25) is 0 Å². The van der Waals surface area contributed by atoms with Crippen LogP contribution >= 0.6 is 23.4 Å². The first-order chi connectivity index (χ1) is 10.5. The van der Waals surface area contributed by atoms with Crippen molar-refractivity contribution in [3.63, 3.8) is 0 Å². The minimum Gasteiger partial charge on any atom is -0.496 e. The molecular weight excluding hydrogens is 320 g/mol. The lowest BCUT2D eigenvalue weighted by Crippen LogP contribution is -2.14. The van der Waals surface area contributed by atoms with Gasteiger partial charge in [0, 0.05) is 17.6 Å². The molecule has 0 aliphatic carbocycles. The second kappa shape index (κ2) is 7.70. The number of unbranched alkanes of at least 4 members (excludes halogenated alkanes) is 1. The fraction of sp³-hybridized carbons (Fsp3) is 0.375. The zero-order valence-electron chi connectivity index (χ0n) is 12.9. The number of thioether (sulfide) groups is 1. The lowest BCUT2D eigenvalue weighted by Gasteiger charge is -2.14. The van der Waals surface area contributed by atoms with Crippen molar-refractivity contribution >= 4 is 34.2 Å². The van der Waals surface area contributed by atoms with E-state index in [2.05, 4.69) is 12.0 Å². The summed E-state index contributed by atoms with van der Waals surface area (Å²) in [6.45, 7) is 4.88. The number of benzene rings is 1. The molecule has 0 saturated carbocycles. The van der Waals surface area contributed by atoms with Crippen LogP contribution in [-0.4, -0.2) is 29.5 Å². The number of nitrogens with zero attached hydrogens (tertiary/aromatic N) is 2. The van der Waals surface area contributed by atoms with Gasteiger partial charge in [0.25, 0.3) is 0 Å². The van der Waals surface area contributed by atoms with Crippen LogP contribution in [0, 0.1) is 0 Å². The van der Waals surface area contributed by atoms with Gasteiger partial charge in [-0.1, -0.05) is 36.7 Å². The van der Waals surface area contributed by atoms with Crippen molar-refractivity contribution in [3.05, 3.63) is 39.9 Å². The molecule has 0 unspecified atom stereocenters. The summed E-state index contributed by atoms with van der Waals surface area (Å²) in [5.41, 5.74) is 0.461. The highest BCUT2D eigenvalue weighted by molar-refractivity contribution is 8.17. The Hall–Kier alpha value is -1.46. The molecule has 6 heteroatoms. The average Bonchev–Trinajstić information content (AvgIpc) is 2.84. The Morgan fingerprint density at radius 3 is 2.95 bits per heavy atom. The molecular formula is C16H19ClN2O2S. The molecule has 0 bridgehead atoms. The van der Waals surface area contributed by atoms with Crippen molar-refractivity contribution in [2.24, 2.45) is 5.10 Å². The smallest absolute Gasteiger partial charge is 0.192 e. The third-order valence-corrected chi connectivity index (χ3v) is 4.32. The van der Waals surface area contributed by atoms with Gasteiger partial charge in [0.05, 0.1) is 17.7 Å². The summed E-state index contributed by atoms with van der Waals surface area (Å²) < 4.78 is 5.24. The predicted octanol–water partition coefficient (Wildman–Crippen LogP) is 4.56. The molecule has 22 heavy (non-hydrogen) atoms. The Bertz CT molecular complexity index is 629. The number of rotatable bonds is 6. The summed E-state index contributed by atoms with van der Waals surface area (Å²) in [5, 5.41) is 8.63. The highest BCUT2D eigenvalue weighted by atomic mass is 35.5. The third kappa shape index (κ3) is 4.05. The first-order valence-corrected chi connectivity index (χ1v) is 8.34. The van der Waals surface area contributed by atoms with Gasteiger partial charge in [0.1, 0.15) is 10.8 Å². The number of carbonyl (C=O) groups is 1. The summed E-state index contributed by atoms with van der Waals surface area (Å²) >= 11 is 7.50. The van der Waals surface area contributed by atoms with E-state index in [1.165, 1.54) is 18.9 Å². The highest BCUT2D eigenvalue weighted by Crippen LogP contribution is 2.31. The average molecular weight is 339 g/mol. The topological polar surface area (TPSA) is 41.9 Å². The predicted molar refractivity (Wildman–Crippen MR) is 92.7 cm³/mol. The maximum atomic E-state index is 12.6. The van der Waals surface area contributed by atoms with Crippen LogP contribution < -0.4 is 4.74 Å². The van der Waals surface area contributed by atoms with Gasteiger partial charge in [-0.2, -0.15) is 5.10 Å². The van der Waals surface area contributed by atoms with Gasteiger partial charge >= 0.3 is 0 Å². The van der Waals surface area contributed by atoms with E-state index in [9.17, 15) is 4.79 Å². The van der Waals surface area contributed by atoms with Gasteiger partial charge < -0.3 is 4.74 Å². The number of methoxy groups -OCH3 is 1. The number of hydrogen-bond acceptors (Lipinski definition) is 5. The highest BCUT2D eigenvalue weighted by Gasteiger charge is 2.21. The van der Waals surface area contributed by atoms with Crippen LogP contribution in [0.3, 0.4) is 0 Å². The minimum absolute atomic E-state index is 0.131. The van der Waals surface area contributed by atoms with E-state index >= 15 is 0 Å². The van der Waals surface area contributed by atoms with Crippen molar-refractivity contribution < 1.29 is 9.53 Å². The minimum atomic E-state index is -0.131. The molecule has 0 saturated heterocycles. The Kier molecular flexibility index (Phi) is 5.91. The summed E-state index contributed by atoms with van der Waals surface area (Å²) in [4.78, 5) is 12.6. The summed E-state index contributed by atoms with van der Waals surface area (Å²) in [5.74, 6) is 0.389. The maximum Gasteiger partial charge on any atom is 0.192 e. The van der Waals surface area contributed by atoms with Gasteiger partial charge in [-0.15, -0.1) is 0 Å². The van der Waals surface area contributed by atoms with Gasteiger partial charge in [-0.3, -0.25) is 9.80 Å². The van der Waals surface area contributed by atoms with Crippen LogP contribution in [-0.2, 0) is 0 Å². The number of hydrogen-bond donors (Lipinski definition) is 0. The molecule has 0 radical (unpaired) electrons. The molecule has 0 amide bonds. The number of ether oxygens (including phenoxy) is 1. The fourth-order valence-corrected chi connectivity index (χ4v) is 3.10. The summed E-state index contributed by atoms with van der Waals surface area (Å²) in [7, 11) is 1.54. The van der Waals surface area contributed by atoms with Crippen LogP contribution in [0.5, 0.6) is 5.75 Å². The zero-order chi connectivity index (χ0) is 16.1. The van der Waals surface area contributed by atoms with E-state index in [4.69, 9.17) is 16.3 Å². The SMILES string of the molecule is CCCCN1N=C(C)S/C1=C\C(=O)c1cc(Cl)ccc1OC. The standard InChI is InChI=1S/C16H19ClN2O2S/c1-4-5-8-19-16(22-11(2)18-19)10-14(20)13-9-12(17)6-7-15(13)21-3/h6-7,9-10H,4-5,8H2,1-3H3/b16-10-. The van der Waals surface area contributed by atoms with E-state index in [0.29, 0.717) is 16.3 Å². The van der Waals surface area contributed by atoms with E-state index in [1.54, 1.807) is 24.3 Å². The van der Waals surface area contributed by atoms with Crippen LogP contribution in [0.25, 0.3) is 0 Å². The van der Waals surface area contributed by atoms with Gasteiger partial charge in [-0.25, -0.2) is 0 Å². The number of hydrazone groups is 1.